The van der Waals surface area contributed by atoms with Gasteiger partial charge in [-0.05, 0) is 55.5 Å². The van der Waals surface area contributed by atoms with Gasteiger partial charge in [-0.15, -0.1) is 11.3 Å². The number of carbonyl (C=O) groups is 1. The molecule has 0 bridgehead atoms. The van der Waals surface area contributed by atoms with Gasteiger partial charge in [0.1, 0.15) is 21.5 Å². The molecule has 0 aliphatic rings. The van der Waals surface area contributed by atoms with Gasteiger partial charge < -0.3 is 5.11 Å². The highest BCUT2D eigenvalue weighted by Crippen LogP contribution is 2.33. The molecule has 7 heteroatoms. The van der Waals surface area contributed by atoms with Gasteiger partial charge in [0.15, 0.2) is 0 Å². The van der Waals surface area contributed by atoms with Crippen LogP contribution in [0.5, 0.6) is 5.75 Å². The zero-order valence-corrected chi connectivity index (χ0v) is 16.9. The first-order valence-electron chi connectivity index (χ1n) is 9.26. The summed E-state index contributed by atoms with van der Waals surface area (Å²) in [5, 5.41) is 11.0. The van der Waals surface area contributed by atoms with Gasteiger partial charge in [-0.25, -0.2) is 9.37 Å². The number of para-hydroxylation sites is 2. The van der Waals surface area contributed by atoms with Crippen molar-refractivity contribution >= 4 is 22.9 Å². The first-order chi connectivity index (χ1) is 14.5. The van der Waals surface area contributed by atoms with E-state index in [2.05, 4.69) is 9.97 Å². The largest absolute Gasteiger partial charge is 0.506 e. The summed E-state index contributed by atoms with van der Waals surface area (Å²) in [4.78, 5) is 24.3. The Morgan fingerprint density at radius 1 is 1.07 bits per heavy atom. The molecule has 150 valence electrons. The third-order valence-corrected chi connectivity index (χ3v) is 5.74. The molecule has 0 spiro atoms. The van der Waals surface area contributed by atoms with Gasteiger partial charge in [0.2, 0.25) is 0 Å². The Morgan fingerprint density at radius 3 is 2.50 bits per heavy atom. The number of pyridine rings is 1. The highest BCUT2D eigenvalue weighted by molar-refractivity contribution is 7.17. The minimum atomic E-state index is -0.329. The Balaban J connectivity index is 1.73. The van der Waals surface area contributed by atoms with Crippen LogP contribution in [0, 0.1) is 12.7 Å². The van der Waals surface area contributed by atoms with E-state index in [0.717, 1.165) is 5.56 Å². The van der Waals surface area contributed by atoms with Crippen molar-refractivity contribution in [3.8, 4) is 16.3 Å². The summed E-state index contributed by atoms with van der Waals surface area (Å²) in [6.45, 7) is 1.96. The second-order valence-electron chi connectivity index (χ2n) is 6.64. The third kappa shape index (κ3) is 4.06. The van der Waals surface area contributed by atoms with Crippen molar-refractivity contribution in [2.24, 2.45) is 0 Å². The molecule has 0 aliphatic carbocycles. The monoisotopic (exact) mass is 419 g/mol. The first kappa shape index (κ1) is 19.7. The average molecular weight is 419 g/mol. The van der Waals surface area contributed by atoms with Crippen LogP contribution < -0.4 is 4.90 Å². The molecule has 5 nitrogen and oxygen atoms in total. The van der Waals surface area contributed by atoms with Crippen LogP contribution in [0.3, 0.4) is 0 Å². The third-order valence-electron chi connectivity index (χ3n) is 4.55. The zero-order chi connectivity index (χ0) is 21.1. The minimum Gasteiger partial charge on any atom is -0.506 e. The summed E-state index contributed by atoms with van der Waals surface area (Å²) >= 11 is 1.24. The van der Waals surface area contributed by atoms with E-state index in [1.165, 1.54) is 34.4 Å². The van der Waals surface area contributed by atoms with Crippen molar-refractivity contribution in [1.29, 1.82) is 0 Å². The molecule has 1 amide bonds. The fraction of sp³-hybridized carbons (Fsp3) is 0.0870. The maximum atomic E-state index is 13.5. The normalized spacial score (nSPS) is 10.7. The SMILES string of the molecule is Cc1nc(-c2ccc(F)cc2)sc1C(=O)N(Cc1ccccn1)c1ccccc1O. The summed E-state index contributed by atoms with van der Waals surface area (Å²) in [5.74, 6) is -0.613. The molecule has 4 rings (SSSR count). The number of aryl methyl sites for hydroxylation is 1. The van der Waals surface area contributed by atoms with Crippen LogP contribution in [0.2, 0.25) is 0 Å². The zero-order valence-electron chi connectivity index (χ0n) is 16.1. The second-order valence-corrected chi connectivity index (χ2v) is 7.64. The summed E-state index contributed by atoms with van der Waals surface area (Å²) in [5.41, 5.74) is 2.40. The number of carbonyl (C=O) groups excluding carboxylic acids is 1. The Hall–Kier alpha value is -3.58. The number of phenolic OH excluding ortho intramolecular Hbond substituents is 1. The standard InChI is InChI=1S/C23H18FN3O2S/c1-15-21(30-22(26-15)16-9-11-17(24)12-10-16)23(29)27(14-18-6-4-5-13-25-18)19-7-2-3-8-20(19)28/h2-13,28H,14H2,1H3. The lowest BCUT2D eigenvalue weighted by atomic mass is 10.2. The van der Waals surface area contributed by atoms with Crippen molar-refractivity contribution < 1.29 is 14.3 Å². The molecule has 2 aromatic carbocycles. The summed E-state index contributed by atoms with van der Waals surface area (Å²) in [6, 6.07) is 18.2. The number of nitrogens with zero attached hydrogens (tertiary/aromatic N) is 3. The van der Waals surface area contributed by atoms with Crippen molar-refractivity contribution in [3.63, 3.8) is 0 Å². The quantitative estimate of drug-likeness (QED) is 0.483. The molecule has 0 aliphatic heterocycles. The van der Waals surface area contributed by atoms with E-state index >= 15 is 0 Å². The number of rotatable bonds is 5. The number of thiazole rings is 1. The molecule has 0 fully saturated rings. The maximum absolute atomic E-state index is 13.5. The van der Waals surface area contributed by atoms with Crippen molar-refractivity contribution in [1.82, 2.24) is 9.97 Å². The Morgan fingerprint density at radius 2 is 1.80 bits per heavy atom. The number of benzene rings is 2. The topological polar surface area (TPSA) is 66.3 Å². The van der Waals surface area contributed by atoms with Gasteiger partial charge in [-0.2, -0.15) is 0 Å². The number of amides is 1. The first-order valence-corrected chi connectivity index (χ1v) is 10.1. The smallest absolute Gasteiger partial charge is 0.270 e. The van der Waals surface area contributed by atoms with E-state index in [1.807, 2.05) is 12.1 Å². The Bertz CT molecular complexity index is 1180. The number of hydrogen-bond acceptors (Lipinski definition) is 5. The Kier molecular flexibility index (Phi) is 5.54. The van der Waals surface area contributed by atoms with Crippen LogP contribution in [0.25, 0.3) is 10.6 Å². The fourth-order valence-electron chi connectivity index (χ4n) is 3.05. The minimum absolute atomic E-state index is 0.00251. The van der Waals surface area contributed by atoms with Gasteiger partial charge >= 0.3 is 0 Å². The van der Waals surface area contributed by atoms with Crippen molar-refractivity contribution in [2.75, 3.05) is 4.90 Å². The van der Waals surface area contributed by atoms with E-state index in [1.54, 1.807) is 49.5 Å². The van der Waals surface area contributed by atoms with E-state index in [-0.39, 0.29) is 24.0 Å². The lowest BCUT2D eigenvalue weighted by Gasteiger charge is -2.23. The van der Waals surface area contributed by atoms with Crippen LogP contribution in [0.15, 0.2) is 72.9 Å². The van der Waals surface area contributed by atoms with Gasteiger partial charge in [-0.3, -0.25) is 14.7 Å². The molecular weight excluding hydrogens is 401 g/mol. The predicted octanol–water partition coefficient (Wildman–Crippen LogP) is 5.21. The number of anilines is 1. The van der Waals surface area contributed by atoms with E-state index in [0.29, 0.717) is 27.0 Å². The Labute approximate surface area is 177 Å². The number of hydrogen-bond donors (Lipinski definition) is 1. The number of halogens is 1. The molecule has 30 heavy (non-hydrogen) atoms. The van der Waals surface area contributed by atoms with Crippen LogP contribution in [-0.2, 0) is 6.54 Å². The molecule has 0 radical (unpaired) electrons. The second kappa shape index (κ2) is 8.42. The fourth-order valence-corrected chi connectivity index (χ4v) is 4.07. The molecule has 1 N–H and O–H groups in total. The molecule has 2 heterocycles. The molecular formula is C23H18FN3O2S. The van der Waals surface area contributed by atoms with Crippen LogP contribution in [0.4, 0.5) is 10.1 Å². The summed E-state index contributed by atoms with van der Waals surface area (Å²) in [6.07, 6.45) is 1.66. The van der Waals surface area contributed by atoms with Crippen molar-refractivity contribution in [2.45, 2.75) is 13.5 Å². The van der Waals surface area contributed by atoms with E-state index in [9.17, 15) is 14.3 Å². The van der Waals surface area contributed by atoms with E-state index < -0.39 is 0 Å². The maximum Gasteiger partial charge on any atom is 0.270 e. The van der Waals surface area contributed by atoms with Gasteiger partial charge in [0, 0.05) is 11.8 Å². The summed E-state index contributed by atoms with van der Waals surface area (Å²) in [7, 11) is 0. The molecule has 0 saturated carbocycles. The van der Waals surface area contributed by atoms with Gasteiger partial charge in [-0.1, -0.05) is 18.2 Å². The number of phenols is 1. The molecule has 2 aromatic heterocycles. The van der Waals surface area contributed by atoms with Crippen LogP contribution in [-0.4, -0.2) is 21.0 Å². The van der Waals surface area contributed by atoms with Crippen LogP contribution in [0.1, 0.15) is 21.1 Å². The summed E-state index contributed by atoms with van der Waals surface area (Å²) < 4.78 is 13.2. The molecule has 0 unspecified atom stereocenters. The van der Waals surface area contributed by atoms with Crippen molar-refractivity contribution in [3.05, 3.63) is 95.0 Å². The lowest BCUT2D eigenvalue weighted by molar-refractivity contribution is 0.0987. The average Bonchev–Trinajstić information content (AvgIpc) is 3.15. The van der Waals surface area contributed by atoms with Crippen LogP contribution >= 0.6 is 11.3 Å². The molecule has 0 saturated heterocycles. The van der Waals surface area contributed by atoms with Gasteiger partial charge in [0.05, 0.1) is 23.6 Å². The molecule has 4 aromatic rings. The number of aromatic hydroxyl groups is 1. The number of aromatic nitrogens is 2. The predicted molar refractivity (Wildman–Crippen MR) is 115 cm³/mol. The van der Waals surface area contributed by atoms with E-state index in [4.69, 9.17) is 0 Å². The highest BCUT2D eigenvalue weighted by Gasteiger charge is 2.25. The molecule has 0 atom stereocenters. The highest BCUT2D eigenvalue weighted by atomic mass is 32.1. The van der Waals surface area contributed by atoms with Gasteiger partial charge in [0.25, 0.3) is 5.91 Å². The lowest BCUT2D eigenvalue weighted by Crippen LogP contribution is -2.30.